The van der Waals surface area contributed by atoms with E-state index >= 15 is 0 Å². The van der Waals surface area contributed by atoms with Crippen molar-refractivity contribution >= 4 is 12.4 Å². The number of hydrogen-bond donors (Lipinski definition) is 1. The standard InChI is InChI=1S/C10H19NO.ClH/c1-11(2)6-9-7-3-4-8(5-7)10(9)12;/h7-10,12H,3-6H2,1-2H3;1H/t7-,8+,9-,10+;/m0./s1. The molecule has 2 aliphatic rings. The van der Waals surface area contributed by atoms with Gasteiger partial charge in [-0.3, -0.25) is 0 Å². The number of hydrogen-bond acceptors (Lipinski definition) is 2. The van der Waals surface area contributed by atoms with Gasteiger partial charge in [-0.15, -0.1) is 12.4 Å². The van der Waals surface area contributed by atoms with Gasteiger partial charge in [-0.2, -0.15) is 0 Å². The van der Waals surface area contributed by atoms with Crippen LogP contribution in [0, 0.1) is 17.8 Å². The summed E-state index contributed by atoms with van der Waals surface area (Å²) >= 11 is 0. The van der Waals surface area contributed by atoms with Crippen LogP contribution in [0.2, 0.25) is 0 Å². The van der Waals surface area contributed by atoms with Crippen molar-refractivity contribution in [3.63, 3.8) is 0 Å². The van der Waals surface area contributed by atoms with Gasteiger partial charge in [0.2, 0.25) is 0 Å². The molecule has 2 fully saturated rings. The zero-order chi connectivity index (χ0) is 8.72. The predicted octanol–water partition coefficient (Wildman–Crippen LogP) is 1.38. The van der Waals surface area contributed by atoms with Crippen LogP contribution in [-0.2, 0) is 0 Å². The molecule has 0 aliphatic heterocycles. The summed E-state index contributed by atoms with van der Waals surface area (Å²) in [6.45, 7) is 1.07. The average molecular weight is 206 g/mol. The summed E-state index contributed by atoms with van der Waals surface area (Å²) in [5.41, 5.74) is 0. The van der Waals surface area contributed by atoms with E-state index in [4.69, 9.17) is 0 Å². The lowest BCUT2D eigenvalue weighted by atomic mass is 9.86. The highest BCUT2D eigenvalue weighted by molar-refractivity contribution is 5.85. The van der Waals surface area contributed by atoms with Crippen LogP contribution in [0.5, 0.6) is 0 Å². The molecule has 2 saturated carbocycles. The normalized spacial score (nSPS) is 42.5. The largest absolute Gasteiger partial charge is 0.392 e. The van der Waals surface area contributed by atoms with Crippen LogP contribution < -0.4 is 0 Å². The minimum Gasteiger partial charge on any atom is -0.392 e. The molecule has 2 nitrogen and oxygen atoms in total. The maximum absolute atomic E-state index is 9.90. The highest BCUT2D eigenvalue weighted by atomic mass is 35.5. The first kappa shape index (κ1) is 11.3. The van der Waals surface area contributed by atoms with Crippen molar-refractivity contribution in [3.8, 4) is 0 Å². The quantitative estimate of drug-likeness (QED) is 0.737. The molecule has 2 bridgehead atoms. The van der Waals surface area contributed by atoms with Gasteiger partial charge >= 0.3 is 0 Å². The molecule has 0 saturated heterocycles. The van der Waals surface area contributed by atoms with Crippen molar-refractivity contribution in [3.05, 3.63) is 0 Å². The molecule has 2 aliphatic carbocycles. The Morgan fingerprint density at radius 3 is 2.31 bits per heavy atom. The maximum Gasteiger partial charge on any atom is 0.0611 e. The third-order valence-corrected chi connectivity index (χ3v) is 3.62. The van der Waals surface area contributed by atoms with E-state index in [0.29, 0.717) is 11.8 Å². The zero-order valence-electron chi connectivity index (χ0n) is 8.44. The molecule has 3 heteroatoms. The summed E-state index contributed by atoms with van der Waals surface area (Å²) in [6, 6.07) is 0. The van der Waals surface area contributed by atoms with Crippen molar-refractivity contribution in [1.82, 2.24) is 4.90 Å². The summed E-state index contributed by atoms with van der Waals surface area (Å²) in [7, 11) is 4.19. The fraction of sp³-hybridized carbons (Fsp3) is 1.00. The van der Waals surface area contributed by atoms with Gasteiger partial charge in [0.25, 0.3) is 0 Å². The number of nitrogens with zero attached hydrogens (tertiary/aromatic N) is 1. The Balaban J connectivity index is 0.000000845. The van der Waals surface area contributed by atoms with Crippen LogP contribution in [0.25, 0.3) is 0 Å². The van der Waals surface area contributed by atoms with Crippen LogP contribution in [-0.4, -0.2) is 36.8 Å². The van der Waals surface area contributed by atoms with Crippen LogP contribution >= 0.6 is 12.4 Å². The third kappa shape index (κ3) is 2.00. The van der Waals surface area contributed by atoms with E-state index in [9.17, 15) is 5.11 Å². The van der Waals surface area contributed by atoms with Crippen LogP contribution in [0.15, 0.2) is 0 Å². The highest BCUT2D eigenvalue weighted by Gasteiger charge is 2.46. The van der Waals surface area contributed by atoms with Gasteiger partial charge in [-0.1, -0.05) is 0 Å². The number of aliphatic hydroxyl groups is 1. The van der Waals surface area contributed by atoms with Crippen molar-refractivity contribution < 1.29 is 5.11 Å². The Kier molecular flexibility index (Phi) is 3.61. The van der Waals surface area contributed by atoms with Gasteiger partial charge in [0.1, 0.15) is 0 Å². The summed E-state index contributed by atoms with van der Waals surface area (Å²) in [4.78, 5) is 2.20. The molecule has 0 unspecified atom stereocenters. The van der Waals surface area contributed by atoms with E-state index in [1.54, 1.807) is 0 Å². The summed E-state index contributed by atoms with van der Waals surface area (Å²) in [5, 5.41) is 9.90. The lowest BCUT2D eigenvalue weighted by Crippen LogP contribution is -2.35. The topological polar surface area (TPSA) is 23.5 Å². The Bertz CT molecular complexity index is 172. The van der Waals surface area contributed by atoms with E-state index in [0.717, 1.165) is 12.5 Å². The smallest absolute Gasteiger partial charge is 0.0611 e. The van der Waals surface area contributed by atoms with E-state index in [2.05, 4.69) is 19.0 Å². The first-order chi connectivity index (χ1) is 5.68. The molecule has 0 amide bonds. The molecule has 0 heterocycles. The van der Waals surface area contributed by atoms with Crippen molar-refractivity contribution in [1.29, 1.82) is 0 Å². The Morgan fingerprint density at radius 2 is 1.85 bits per heavy atom. The van der Waals surface area contributed by atoms with E-state index in [1.807, 2.05) is 0 Å². The number of fused-ring (bicyclic) bond motifs is 2. The first-order valence-corrected chi connectivity index (χ1v) is 5.01. The molecular weight excluding hydrogens is 186 g/mol. The molecule has 1 N–H and O–H groups in total. The molecule has 0 spiro atoms. The fourth-order valence-electron chi connectivity index (χ4n) is 3.06. The average Bonchev–Trinajstić information content (AvgIpc) is 2.53. The number of halogens is 1. The summed E-state index contributed by atoms with van der Waals surface area (Å²) in [6.07, 6.45) is 3.93. The Morgan fingerprint density at radius 1 is 1.23 bits per heavy atom. The minimum absolute atomic E-state index is 0. The van der Waals surface area contributed by atoms with Gasteiger partial charge in [0.15, 0.2) is 0 Å². The lowest BCUT2D eigenvalue weighted by Gasteiger charge is -2.29. The first-order valence-electron chi connectivity index (χ1n) is 5.01. The number of rotatable bonds is 2. The highest BCUT2D eigenvalue weighted by Crippen LogP contribution is 2.48. The molecular formula is C10H20ClNO. The molecule has 2 rings (SSSR count). The zero-order valence-corrected chi connectivity index (χ0v) is 9.26. The molecule has 0 aromatic rings. The Labute approximate surface area is 86.7 Å². The van der Waals surface area contributed by atoms with Crippen LogP contribution in [0.4, 0.5) is 0 Å². The van der Waals surface area contributed by atoms with Crippen molar-refractivity contribution in [2.75, 3.05) is 20.6 Å². The van der Waals surface area contributed by atoms with Gasteiger partial charge in [-0.05, 0) is 45.2 Å². The van der Waals surface area contributed by atoms with Crippen molar-refractivity contribution in [2.45, 2.75) is 25.4 Å². The monoisotopic (exact) mass is 205 g/mol. The van der Waals surface area contributed by atoms with Gasteiger partial charge in [0, 0.05) is 12.5 Å². The fourth-order valence-corrected chi connectivity index (χ4v) is 3.06. The van der Waals surface area contributed by atoms with Gasteiger partial charge in [-0.25, -0.2) is 0 Å². The number of aliphatic hydroxyl groups excluding tert-OH is 1. The summed E-state index contributed by atoms with van der Waals surface area (Å²) < 4.78 is 0. The molecule has 0 aromatic heterocycles. The lowest BCUT2D eigenvalue weighted by molar-refractivity contribution is 0.0459. The molecule has 78 valence electrons. The predicted molar refractivity (Wildman–Crippen MR) is 56.1 cm³/mol. The molecule has 0 aromatic carbocycles. The molecule has 13 heavy (non-hydrogen) atoms. The second kappa shape index (κ2) is 4.16. The van der Waals surface area contributed by atoms with Crippen LogP contribution in [0.1, 0.15) is 19.3 Å². The second-order valence-corrected chi connectivity index (χ2v) is 4.75. The SMILES string of the molecule is CN(C)C[C@H]1[C@H]2CC[C@H](C2)[C@H]1O.Cl. The minimum atomic E-state index is 0. The van der Waals surface area contributed by atoms with E-state index in [1.165, 1.54) is 19.3 Å². The van der Waals surface area contributed by atoms with E-state index < -0.39 is 0 Å². The van der Waals surface area contributed by atoms with E-state index in [-0.39, 0.29) is 18.5 Å². The second-order valence-electron chi connectivity index (χ2n) is 4.75. The van der Waals surface area contributed by atoms with Gasteiger partial charge in [0.05, 0.1) is 6.10 Å². The van der Waals surface area contributed by atoms with Crippen molar-refractivity contribution in [2.24, 2.45) is 17.8 Å². The molecule has 4 atom stereocenters. The van der Waals surface area contributed by atoms with Gasteiger partial charge < -0.3 is 10.0 Å². The molecule has 0 radical (unpaired) electrons. The van der Waals surface area contributed by atoms with Crippen LogP contribution in [0.3, 0.4) is 0 Å². The Hall–Kier alpha value is 0.210. The summed E-state index contributed by atoms with van der Waals surface area (Å²) in [5.74, 6) is 2.03. The maximum atomic E-state index is 9.90. The third-order valence-electron chi connectivity index (χ3n) is 3.62.